The third-order valence-corrected chi connectivity index (χ3v) is 4.18. The normalized spacial score (nSPS) is 20.7. The van der Waals surface area contributed by atoms with E-state index in [2.05, 4.69) is 15.3 Å². The lowest BCUT2D eigenvalue weighted by molar-refractivity contribution is -0.137. The first-order valence-corrected chi connectivity index (χ1v) is 8.03. The Labute approximate surface area is 147 Å². The number of hydrogen-bond donors (Lipinski definition) is 2. The number of nitrogens with one attached hydrogen (secondary N) is 1. The molecule has 6 nitrogen and oxygen atoms in total. The van der Waals surface area contributed by atoms with E-state index >= 15 is 0 Å². The zero-order chi connectivity index (χ0) is 18.7. The van der Waals surface area contributed by atoms with Gasteiger partial charge < -0.3 is 15.3 Å². The molecule has 138 valence electrons. The van der Waals surface area contributed by atoms with Gasteiger partial charge in [-0.2, -0.15) is 13.2 Å². The number of aliphatic hydroxyl groups excluding tert-OH is 1. The summed E-state index contributed by atoms with van der Waals surface area (Å²) in [5.41, 5.74) is -0.533. The second-order valence-corrected chi connectivity index (χ2v) is 6.00. The van der Waals surface area contributed by atoms with Crippen molar-refractivity contribution in [3.05, 3.63) is 54.0 Å². The second kappa shape index (κ2) is 7.28. The van der Waals surface area contributed by atoms with Crippen LogP contribution in [0.4, 0.5) is 19.0 Å². The minimum absolute atomic E-state index is 0.105. The number of β-amino-alcohol motifs (C(OH)–C–C–N with tert-alkyl or cyclic N) is 1. The molecule has 0 saturated carbocycles. The van der Waals surface area contributed by atoms with Crippen molar-refractivity contribution in [3.8, 4) is 0 Å². The molecule has 0 bridgehead atoms. The van der Waals surface area contributed by atoms with Gasteiger partial charge in [-0.1, -0.05) is 6.07 Å². The Morgan fingerprint density at radius 1 is 1.23 bits per heavy atom. The summed E-state index contributed by atoms with van der Waals surface area (Å²) < 4.78 is 37.7. The number of carbonyl (C=O) groups is 1. The average Bonchev–Trinajstić information content (AvgIpc) is 2.63. The number of aromatic nitrogens is 2. The van der Waals surface area contributed by atoms with Crippen molar-refractivity contribution < 1.29 is 23.1 Å². The summed E-state index contributed by atoms with van der Waals surface area (Å²) >= 11 is 0. The molecule has 2 N–H and O–H groups in total. The number of rotatable bonds is 3. The highest BCUT2D eigenvalue weighted by molar-refractivity contribution is 5.92. The molecule has 1 fully saturated rings. The summed E-state index contributed by atoms with van der Waals surface area (Å²) in [5, 5.41) is 13.2. The van der Waals surface area contributed by atoms with E-state index in [-0.39, 0.29) is 18.3 Å². The molecule has 1 aliphatic rings. The SMILES string of the molecule is O=C(c1ccccn1)N1CC[C@@H](Nc2ccc(C(F)(F)F)cn2)[C@H](O)C1. The highest BCUT2D eigenvalue weighted by Crippen LogP contribution is 2.29. The first-order valence-electron chi connectivity index (χ1n) is 8.03. The zero-order valence-corrected chi connectivity index (χ0v) is 13.6. The molecule has 2 aromatic heterocycles. The maximum atomic E-state index is 12.6. The Morgan fingerprint density at radius 2 is 2.04 bits per heavy atom. The van der Waals surface area contributed by atoms with E-state index in [1.165, 1.54) is 17.2 Å². The average molecular weight is 366 g/mol. The van der Waals surface area contributed by atoms with E-state index in [0.717, 1.165) is 12.3 Å². The number of anilines is 1. The molecule has 0 spiro atoms. The number of amides is 1. The van der Waals surface area contributed by atoms with Crippen LogP contribution in [0.5, 0.6) is 0 Å². The van der Waals surface area contributed by atoms with E-state index in [9.17, 15) is 23.1 Å². The number of likely N-dealkylation sites (tertiary alicyclic amines) is 1. The van der Waals surface area contributed by atoms with Crippen molar-refractivity contribution in [1.29, 1.82) is 0 Å². The zero-order valence-electron chi connectivity index (χ0n) is 13.6. The van der Waals surface area contributed by atoms with Crippen LogP contribution in [0.3, 0.4) is 0 Å². The van der Waals surface area contributed by atoms with Gasteiger partial charge in [0.2, 0.25) is 0 Å². The number of aliphatic hydroxyl groups is 1. The summed E-state index contributed by atoms with van der Waals surface area (Å²) in [7, 11) is 0. The maximum absolute atomic E-state index is 12.6. The first kappa shape index (κ1) is 18.1. The molecule has 0 aliphatic carbocycles. The quantitative estimate of drug-likeness (QED) is 0.871. The van der Waals surface area contributed by atoms with Gasteiger partial charge in [0, 0.05) is 25.5 Å². The van der Waals surface area contributed by atoms with Crippen LogP contribution in [0, 0.1) is 0 Å². The Morgan fingerprint density at radius 3 is 2.62 bits per heavy atom. The number of halogens is 3. The van der Waals surface area contributed by atoms with Crippen molar-refractivity contribution in [2.75, 3.05) is 18.4 Å². The van der Waals surface area contributed by atoms with Crippen LogP contribution in [-0.2, 0) is 6.18 Å². The van der Waals surface area contributed by atoms with Crippen LogP contribution in [0.25, 0.3) is 0 Å². The summed E-state index contributed by atoms with van der Waals surface area (Å²) in [6.45, 7) is 0.498. The van der Waals surface area contributed by atoms with E-state index in [1.54, 1.807) is 18.2 Å². The van der Waals surface area contributed by atoms with Crippen molar-refractivity contribution in [2.45, 2.75) is 24.7 Å². The fraction of sp³-hybridized carbons (Fsp3) is 0.353. The smallest absolute Gasteiger partial charge is 0.389 e. The lowest BCUT2D eigenvalue weighted by atomic mass is 10.0. The van der Waals surface area contributed by atoms with Crippen molar-refractivity contribution in [2.24, 2.45) is 0 Å². The lowest BCUT2D eigenvalue weighted by Gasteiger charge is -2.36. The summed E-state index contributed by atoms with van der Waals surface area (Å²) in [6, 6.07) is 6.76. The molecule has 0 radical (unpaired) electrons. The summed E-state index contributed by atoms with van der Waals surface area (Å²) in [6.07, 6.45) is -2.62. The summed E-state index contributed by atoms with van der Waals surface area (Å²) in [5.74, 6) is -0.0256. The standard InChI is InChI=1S/C17H17F3N4O2/c18-17(19,20)11-4-5-15(22-9-11)23-12-6-8-24(10-14(12)25)16(26)13-3-1-2-7-21-13/h1-5,7,9,12,14,25H,6,8,10H2,(H,22,23)/t12-,14-/m1/s1. The van der Waals surface area contributed by atoms with Crippen LogP contribution >= 0.6 is 0 Å². The Bertz CT molecular complexity index is 753. The Hall–Kier alpha value is -2.68. The number of alkyl halides is 3. The third kappa shape index (κ3) is 4.10. The molecule has 2 atom stereocenters. The van der Waals surface area contributed by atoms with E-state index in [0.29, 0.717) is 18.7 Å². The molecule has 0 unspecified atom stereocenters. The number of piperidine rings is 1. The van der Waals surface area contributed by atoms with Crippen molar-refractivity contribution in [1.82, 2.24) is 14.9 Å². The predicted octanol–water partition coefficient (Wildman–Crippen LogP) is 2.18. The lowest BCUT2D eigenvalue weighted by Crippen LogP contribution is -2.51. The van der Waals surface area contributed by atoms with Gasteiger partial charge in [-0.15, -0.1) is 0 Å². The predicted molar refractivity (Wildman–Crippen MR) is 87.4 cm³/mol. The second-order valence-electron chi connectivity index (χ2n) is 6.00. The van der Waals surface area contributed by atoms with E-state index < -0.39 is 23.9 Å². The topological polar surface area (TPSA) is 78.4 Å². The molecule has 1 aliphatic heterocycles. The van der Waals surface area contributed by atoms with E-state index in [1.807, 2.05) is 0 Å². The van der Waals surface area contributed by atoms with Crippen LogP contribution in [0.1, 0.15) is 22.5 Å². The molecule has 26 heavy (non-hydrogen) atoms. The molecular weight excluding hydrogens is 349 g/mol. The fourth-order valence-corrected chi connectivity index (χ4v) is 2.77. The summed E-state index contributed by atoms with van der Waals surface area (Å²) in [4.78, 5) is 21.6. The molecule has 3 heterocycles. The number of hydrogen-bond acceptors (Lipinski definition) is 5. The Kier molecular flexibility index (Phi) is 5.08. The molecular formula is C17H17F3N4O2. The molecule has 3 rings (SSSR count). The third-order valence-electron chi connectivity index (χ3n) is 4.18. The minimum atomic E-state index is -4.44. The van der Waals surface area contributed by atoms with Crippen molar-refractivity contribution in [3.63, 3.8) is 0 Å². The molecule has 9 heteroatoms. The fourth-order valence-electron chi connectivity index (χ4n) is 2.77. The number of nitrogens with zero attached hydrogens (tertiary/aromatic N) is 3. The van der Waals surface area contributed by atoms with Crippen LogP contribution in [0.2, 0.25) is 0 Å². The van der Waals surface area contributed by atoms with Gasteiger partial charge in [-0.3, -0.25) is 9.78 Å². The van der Waals surface area contributed by atoms with Gasteiger partial charge >= 0.3 is 6.18 Å². The number of pyridine rings is 2. The van der Waals surface area contributed by atoms with Crippen molar-refractivity contribution >= 4 is 11.7 Å². The van der Waals surface area contributed by atoms with Gasteiger partial charge in [0.15, 0.2) is 0 Å². The molecule has 0 aromatic carbocycles. The monoisotopic (exact) mass is 366 g/mol. The van der Waals surface area contributed by atoms with Gasteiger partial charge in [0.05, 0.1) is 17.7 Å². The highest BCUT2D eigenvalue weighted by atomic mass is 19.4. The largest absolute Gasteiger partial charge is 0.417 e. The molecule has 1 saturated heterocycles. The number of carbonyl (C=O) groups excluding carboxylic acids is 1. The highest BCUT2D eigenvalue weighted by Gasteiger charge is 2.32. The van der Waals surface area contributed by atoms with Gasteiger partial charge in [0.25, 0.3) is 5.91 Å². The van der Waals surface area contributed by atoms with Gasteiger partial charge in [0.1, 0.15) is 11.5 Å². The van der Waals surface area contributed by atoms with Crippen LogP contribution < -0.4 is 5.32 Å². The van der Waals surface area contributed by atoms with E-state index in [4.69, 9.17) is 0 Å². The Balaban J connectivity index is 1.60. The maximum Gasteiger partial charge on any atom is 0.417 e. The van der Waals surface area contributed by atoms with Crippen LogP contribution in [-0.4, -0.2) is 51.1 Å². The molecule has 1 amide bonds. The van der Waals surface area contributed by atoms with Gasteiger partial charge in [-0.25, -0.2) is 4.98 Å². The van der Waals surface area contributed by atoms with Crippen LogP contribution in [0.15, 0.2) is 42.7 Å². The first-order chi connectivity index (χ1) is 12.3. The minimum Gasteiger partial charge on any atom is -0.389 e. The van der Waals surface area contributed by atoms with Gasteiger partial charge in [-0.05, 0) is 30.7 Å². The molecule has 2 aromatic rings.